The summed E-state index contributed by atoms with van der Waals surface area (Å²) in [6, 6.07) is 13.6. The van der Waals surface area contributed by atoms with E-state index in [1.165, 1.54) is 0 Å². The lowest BCUT2D eigenvalue weighted by atomic mass is 9.95. The number of benzene rings is 2. The highest BCUT2D eigenvalue weighted by molar-refractivity contribution is 5.97. The van der Waals surface area contributed by atoms with E-state index >= 15 is 0 Å². The number of carbonyl (C=O) groups excluding carboxylic acids is 2. The van der Waals surface area contributed by atoms with Gasteiger partial charge in [-0.25, -0.2) is 4.79 Å². The van der Waals surface area contributed by atoms with Crippen molar-refractivity contribution in [3.05, 3.63) is 77.5 Å². The van der Waals surface area contributed by atoms with E-state index in [1.54, 1.807) is 17.2 Å². The van der Waals surface area contributed by atoms with E-state index in [2.05, 4.69) is 29.0 Å². The maximum atomic E-state index is 13.6. The quantitative estimate of drug-likeness (QED) is 0.386. The van der Waals surface area contributed by atoms with Crippen molar-refractivity contribution < 1.29 is 19.1 Å². The Morgan fingerprint density at radius 1 is 1.21 bits per heavy atom. The van der Waals surface area contributed by atoms with Crippen molar-refractivity contribution in [3.63, 3.8) is 0 Å². The number of rotatable bonds is 7. The Hall–Kier alpha value is -3.87. The van der Waals surface area contributed by atoms with Gasteiger partial charge in [0.2, 0.25) is 0 Å². The van der Waals surface area contributed by atoms with Gasteiger partial charge in [0, 0.05) is 23.7 Å². The molecule has 2 aliphatic rings. The molecule has 5 rings (SSSR count). The number of nitrogens with zero attached hydrogens (tertiary/aromatic N) is 2. The third-order valence-corrected chi connectivity index (χ3v) is 7.61. The van der Waals surface area contributed by atoms with Crippen LogP contribution in [0.1, 0.15) is 74.0 Å². The highest BCUT2D eigenvalue weighted by Crippen LogP contribution is 2.48. The first-order valence-corrected chi connectivity index (χ1v) is 13.6. The predicted molar refractivity (Wildman–Crippen MR) is 153 cm³/mol. The Labute approximate surface area is 230 Å². The van der Waals surface area contributed by atoms with Gasteiger partial charge in [-0.1, -0.05) is 24.8 Å². The van der Waals surface area contributed by atoms with Gasteiger partial charge in [-0.15, -0.1) is 0 Å². The summed E-state index contributed by atoms with van der Waals surface area (Å²) in [4.78, 5) is 32.4. The molecule has 7 heteroatoms. The molecular formula is C32H37N3O4. The second-order valence-corrected chi connectivity index (χ2v) is 11.7. The lowest BCUT2D eigenvalue weighted by Gasteiger charge is -2.44. The number of fused-ring (bicyclic) bond motifs is 1. The van der Waals surface area contributed by atoms with Crippen LogP contribution >= 0.6 is 0 Å². The van der Waals surface area contributed by atoms with Gasteiger partial charge in [-0.05, 0) is 101 Å². The Kier molecular flexibility index (Phi) is 6.87. The standard InChI is InChI=1S/C32H37N3O4/c1-7-22-17-26(24-9-8-15-33-27(24)18-22)32(13-14-32)34-29(36)25-19-23(11-10-20(25)2)38-21(3)28-12-16-35(28)30(37)39-31(4,5)6/h7-11,15,17-19,21,28H,1,12-14,16H2,2-6H3,(H,34,36)/t21-,28-/m0/s1. The fourth-order valence-electron chi connectivity index (χ4n) is 5.24. The smallest absolute Gasteiger partial charge is 0.410 e. The van der Waals surface area contributed by atoms with Crippen molar-refractivity contribution in [1.82, 2.24) is 15.2 Å². The number of carbonyl (C=O) groups is 2. The monoisotopic (exact) mass is 527 g/mol. The van der Waals surface area contributed by atoms with E-state index in [0.717, 1.165) is 46.9 Å². The number of hydrogen-bond donors (Lipinski definition) is 1. The lowest BCUT2D eigenvalue weighted by molar-refractivity contribution is -0.0300. The largest absolute Gasteiger partial charge is 0.489 e. The number of aryl methyl sites for hydroxylation is 1. The molecule has 3 aromatic rings. The van der Waals surface area contributed by atoms with Gasteiger partial charge in [-0.3, -0.25) is 9.78 Å². The van der Waals surface area contributed by atoms with Crippen LogP contribution in [-0.2, 0) is 10.3 Å². The van der Waals surface area contributed by atoms with Crippen LogP contribution in [0, 0.1) is 6.92 Å². The fraction of sp³-hybridized carbons (Fsp3) is 0.406. The van der Waals surface area contributed by atoms with Crippen LogP contribution in [0.25, 0.3) is 17.0 Å². The molecule has 1 N–H and O–H groups in total. The summed E-state index contributed by atoms with van der Waals surface area (Å²) < 4.78 is 11.8. The van der Waals surface area contributed by atoms with Crippen LogP contribution in [0.3, 0.4) is 0 Å². The first-order valence-electron chi connectivity index (χ1n) is 13.6. The molecule has 0 unspecified atom stereocenters. The minimum Gasteiger partial charge on any atom is -0.489 e. The molecule has 1 saturated heterocycles. The van der Waals surface area contributed by atoms with Gasteiger partial charge < -0.3 is 19.7 Å². The average Bonchev–Trinajstić information content (AvgIpc) is 3.62. The highest BCUT2D eigenvalue weighted by Gasteiger charge is 2.47. The minimum absolute atomic E-state index is 0.0767. The van der Waals surface area contributed by atoms with Crippen molar-refractivity contribution in [2.75, 3.05) is 6.54 Å². The third kappa shape index (κ3) is 5.49. The summed E-state index contributed by atoms with van der Waals surface area (Å²) in [5.41, 5.74) is 3.40. The molecule has 7 nitrogen and oxygen atoms in total. The van der Waals surface area contributed by atoms with Crippen LogP contribution in [0.15, 0.2) is 55.2 Å². The number of ether oxygens (including phenoxy) is 2. The van der Waals surface area contributed by atoms with Crippen LogP contribution < -0.4 is 10.1 Å². The van der Waals surface area contributed by atoms with Gasteiger partial charge in [-0.2, -0.15) is 0 Å². The maximum absolute atomic E-state index is 13.6. The first kappa shape index (κ1) is 26.7. The molecule has 39 heavy (non-hydrogen) atoms. The van der Waals surface area contributed by atoms with Crippen LogP contribution in [0.2, 0.25) is 0 Å². The zero-order chi connectivity index (χ0) is 27.9. The number of amides is 2. The lowest BCUT2D eigenvalue weighted by Crippen LogP contribution is -2.58. The van der Waals surface area contributed by atoms with E-state index in [1.807, 2.05) is 65.0 Å². The van der Waals surface area contributed by atoms with Crippen molar-refractivity contribution in [2.24, 2.45) is 0 Å². The Balaban J connectivity index is 1.32. The van der Waals surface area contributed by atoms with E-state index in [0.29, 0.717) is 17.9 Å². The molecule has 2 atom stereocenters. The molecule has 2 fully saturated rings. The molecule has 1 aliphatic heterocycles. The number of pyridine rings is 1. The first-order chi connectivity index (χ1) is 18.5. The molecule has 204 valence electrons. The second-order valence-electron chi connectivity index (χ2n) is 11.7. The third-order valence-electron chi connectivity index (χ3n) is 7.61. The Bertz CT molecular complexity index is 1440. The zero-order valence-electron chi connectivity index (χ0n) is 23.4. The maximum Gasteiger partial charge on any atom is 0.410 e. The molecule has 1 aliphatic carbocycles. The number of likely N-dealkylation sites (tertiary alicyclic amines) is 1. The Morgan fingerprint density at radius 2 is 1.97 bits per heavy atom. The molecule has 1 aromatic heterocycles. The summed E-state index contributed by atoms with van der Waals surface area (Å²) in [6.07, 6.45) is 5.58. The van der Waals surface area contributed by atoms with Crippen LogP contribution in [0.4, 0.5) is 4.79 Å². The molecule has 2 heterocycles. The molecule has 0 radical (unpaired) electrons. The van der Waals surface area contributed by atoms with Crippen molar-refractivity contribution in [2.45, 2.75) is 77.2 Å². The molecule has 1 saturated carbocycles. The van der Waals surface area contributed by atoms with E-state index < -0.39 is 11.1 Å². The van der Waals surface area contributed by atoms with Crippen LogP contribution in [-0.4, -0.2) is 46.2 Å². The Morgan fingerprint density at radius 3 is 2.62 bits per heavy atom. The summed E-state index contributed by atoms with van der Waals surface area (Å²) in [7, 11) is 0. The van der Waals surface area contributed by atoms with Gasteiger partial charge in [0.1, 0.15) is 17.5 Å². The molecule has 2 aromatic carbocycles. The van der Waals surface area contributed by atoms with Crippen molar-refractivity contribution in [1.29, 1.82) is 0 Å². The number of aromatic nitrogens is 1. The average molecular weight is 528 g/mol. The predicted octanol–water partition coefficient (Wildman–Crippen LogP) is 6.38. The summed E-state index contributed by atoms with van der Waals surface area (Å²) in [5, 5.41) is 4.37. The molecular weight excluding hydrogens is 490 g/mol. The van der Waals surface area contributed by atoms with Crippen molar-refractivity contribution in [3.8, 4) is 5.75 Å². The fourth-order valence-corrected chi connectivity index (χ4v) is 5.24. The SMILES string of the molecule is C=Cc1cc(C2(NC(=O)c3cc(O[C@@H](C)[C@@H]4CCN4C(=O)OC(C)(C)C)ccc3C)CC2)c2cccnc2c1. The topological polar surface area (TPSA) is 80.8 Å². The molecule has 0 spiro atoms. The van der Waals surface area contributed by atoms with E-state index in [4.69, 9.17) is 9.47 Å². The summed E-state index contributed by atoms with van der Waals surface area (Å²) in [6.45, 7) is 14.0. The summed E-state index contributed by atoms with van der Waals surface area (Å²) >= 11 is 0. The summed E-state index contributed by atoms with van der Waals surface area (Å²) in [5.74, 6) is 0.464. The van der Waals surface area contributed by atoms with E-state index in [9.17, 15) is 9.59 Å². The minimum atomic E-state index is -0.546. The van der Waals surface area contributed by atoms with Gasteiger partial charge >= 0.3 is 6.09 Å². The number of hydrogen-bond acceptors (Lipinski definition) is 5. The van der Waals surface area contributed by atoms with E-state index in [-0.39, 0.29) is 24.1 Å². The van der Waals surface area contributed by atoms with Gasteiger partial charge in [0.05, 0.1) is 17.1 Å². The molecule has 0 bridgehead atoms. The van der Waals surface area contributed by atoms with Crippen molar-refractivity contribution >= 4 is 29.0 Å². The molecule has 2 amide bonds. The second kappa shape index (κ2) is 10.0. The number of nitrogens with one attached hydrogen (secondary N) is 1. The van der Waals surface area contributed by atoms with Gasteiger partial charge in [0.15, 0.2) is 0 Å². The van der Waals surface area contributed by atoms with Crippen LogP contribution in [0.5, 0.6) is 5.75 Å². The normalized spacial score (nSPS) is 18.6. The highest BCUT2D eigenvalue weighted by atomic mass is 16.6. The van der Waals surface area contributed by atoms with Gasteiger partial charge in [0.25, 0.3) is 5.91 Å². The zero-order valence-corrected chi connectivity index (χ0v) is 23.4.